The van der Waals surface area contributed by atoms with Gasteiger partial charge >= 0.3 is 11.9 Å². The Morgan fingerprint density at radius 3 is 2.57 bits per heavy atom. The second kappa shape index (κ2) is 6.28. The van der Waals surface area contributed by atoms with Crippen LogP contribution in [0.5, 0.6) is 0 Å². The number of nitrogen functional groups attached to an aromatic ring is 1. The number of aliphatic hydroxyl groups excluding tert-OH is 3. The molecule has 0 aromatic carbocycles. The van der Waals surface area contributed by atoms with E-state index in [9.17, 15) is 28.2 Å². The van der Waals surface area contributed by atoms with Gasteiger partial charge in [-0.05, 0) is 6.08 Å². The van der Waals surface area contributed by atoms with Crippen molar-refractivity contribution in [2.45, 2.75) is 30.7 Å². The minimum Gasteiger partial charge on any atom is -0.394 e. The van der Waals surface area contributed by atoms with Crippen molar-refractivity contribution in [1.29, 1.82) is 0 Å². The van der Waals surface area contributed by atoms with Crippen molar-refractivity contribution in [2.24, 2.45) is 0 Å². The number of allylic oxidation sites excluding steroid dienone is 1. The SMILES string of the molecule is Nc1nc(=O)n([C@@H]2O[C@H](CO)[C@@H](O)[C@H]2O)cc1C=CC(F)(F)F. The van der Waals surface area contributed by atoms with Crippen molar-refractivity contribution in [2.75, 3.05) is 12.3 Å². The van der Waals surface area contributed by atoms with Gasteiger partial charge in [-0.1, -0.05) is 0 Å². The average Bonchev–Trinajstić information content (AvgIpc) is 2.73. The summed E-state index contributed by atoms with van der Waals surface area (Å²) >= 11 is 0. The molecule has 0 unspecified atom stereocenters. The smallest absolute Gasteiger partial charge is 0.394 e. The summed E-state index contributed by atoms with van der Waals surface area (Å²) in [5.74, 6) is -0.432. The topological polar surface area (TPSA) is 131 Å². The fraction of sp³-hybridized carbons (Fsp3) is 0.500. The number of aromatic nitrogens is 2. The van der Waals surface area contributed by atoms with Crippen LogP contribution in [0.25, 0.3) is 6.08 Å². The van der Waals surface area contributed by atoms with E-state index in [4.69, 9.17) is 15.6 Å². The molecule has 1 aromatic rings. The van der Waals surface area contributed by atoms with E-state index in [-0.39, 0.29) is 11.6 Å². The predicted molar refractivity (Wildman–Crippen MR) is 71.0 cm³/mol. The normalized spacial score (nSPS) is 28.6. The molecule has 0 amide bonds. The zero-order chi connectivity index (χ0) is 17.4. The molecular formula is C12H14F3N3O5. The highest BCUT2D eigenvalue weighted by Crippen LogP contribution is 2.29. The van der Waals surface area contributed by atoms with Crippen LogP contribution in [-0.2, 0) is 4.74 Å². The number of hydrogen-bond acceptors (Lipinski definition) is 7. The minimum atomic E-state index is -4.59. The Kier molecular flexibility index (Phi) is 4.75. The van der Waals surface area contributed by atoms with Crippen LogP contribution < -0.4 is 11.4 Å². The zero-order valence-electron chi connectivity index (χ0n) is 11.5. The number of anilines is 1. The lowest BCUT2D eigenvalue weighted by molar-refractivity contribution is -0.0790. The Morgan fingerprint density at radius 2 is 2.04 bits per heavy atom. The number of alkyl halides is 3. The highest BCUT2D eigenvalue weighted by molar-refractivity contribution is 5.60. The standard InChI is InChI=1S/C12H14F3N3O5/c13-12(14,15)2-1-5-3-18(11(22)17-9(5)16)10-8(21)7(20)6(4-19)23-10/h1-3,6-8,10,19-21H,4H2,(H2,16,17,22)/t6-,7-,8-,10-/m1/s1. The highest BCUT2D eigenvalue weighted by Gasteiger charge is 2.43. The van der Waals surface area contributed by atoms with E-state index < -0.39 is 48.8 Å². The van der Waals surface area contributed by atoms with Gasteiger partial charge in [0, 0.05) is 17.8 Å². The highest BCUT2D eigenvalue weighted by atomic mass is 19.4. The van der Waals surface area contributed by atoms with Gasteiger partial charge in [0.1, 0.15) is 24.1 Å². The maximum atomic E-state index is 12.2. The molecule has 0 spiro atoms. The summed E-state index contributed by atoms with van der Waals surface area (Å²) in [4.78, 5) is 15.2. The van der Waals surface area contributed by atoms with E-state index in [0.717, 1.165) is 6.20 Å². The monoisotopic (exact) mass is 337 g/mol. The van der Waals surface area contributed by atoms with E-state index in [2.05, 4.69) is 4.98 Å². The summed E-state index contributed by atoms with van der Waals surface area (Å²) in [5, 5.41) is 28.5. The fourth-order valence-corrected chi connectivity index (χ4v) is 2.10. The van der Waals surface area contributed by atoms with Gasteiger partial charge in [0.05, 0.1) is 6.61 Å². The molecule has 1 saturated heterocycles. The molecule has 11 heteroatoms. The first-order valence-corrected chi connectivity index (χ1v) is 6.41. The minimum absolute atomic E-state index is 0.0908. The Morgan fingerprint density at radius 1 is 1.39 bits per heavy atom. The Balaban J connectivity index is 2.40. The van der Waals surface area contributed by atoms with Crippen molar-refractivity contribution in [3.63, 3.8) is 0 Å². The second-order valence-corrected chi connectivity index (χ2v) is 4.88. The van der Waals surface area contributed by atoms with Crippen molar-refractivity contribution < 1.29 is 33.2 Å². The van der Waals surface area contributed by atoms with E-state index >= 15 is 0 Å². The van der Waals surface area contributed by atoms with E-state index in [1.807, 2.05) is 0 Å². The molecule has 5 N–H and O–H groups in total. The quantitative estimate of drug-likeness (QED) is 0.557. The molecule has 2 heterocycles. The molecule has 0 aliphatic carbocycles. The molecule has 4 atom stereocenters. The van der Waals surface area contributed by atoms with Crippen LogP contribution in [0.2, 0.25) is 0 Å². The van der Waals surface area contributed by atoms with Crippen molar-refractivity contribution in [3.05, 3.63) is 28.3 Å². The average molecular weight is 337 g/mol. The summed E-state index contributed by atoms with van der Waals surface area (Å²) in [6, 6.07) is 0. The van der Waals surface area contributed by atoms with E-state index in [1.54, 1.807) is 0 Å². The van der Waals surface area contributed by atoms with Gasteiger partial charge in [-0.15, -0.1) is 0 Å². The molecule has 128 valence electrons. The Hall–Kier alpha value is -1.95. The van der Waals surface area contributed by atoms with Crippen molar-refractivity contribution in [1.82, 2.24) is 9.55 Å². The van der Waals surface area contributed by atoms with Crippen LogP contribution in [-0.4, -0.2) is 56.0 Å². The molecule has 0 saturated carbocycles. The first-order chi connectivity index (χ1) is 10.6. The molecule has 1 aliphatic heterocycles. The van der Waals surface area contributed by atoms with E-state index in [0.29, 0.717) is 10.6 Å². The van der Waals surface area contributed by atoms with E-state index in [1.165, 1.54) is 0 Å². The third kappa shape index (κ3) is 3.69. The summed E-state index contributed by atoms with van der Waals surface area (Å²) in [6.07, 6.45) is -8.75. The molecule has 0 bridgehead atoms. The first-order valence-electron chi connectivity index (χ1n) is 6.41. The van der Waals surface area contributed by atoms with Crippen molar-refractivity contribution in [3.8, 4) is 0 Å². The third-order valence-electron chi connectivity index (χ3n) is 3.25. The number of hydrogen-bond donors (Lipinski definition) is 4. The van der Waals surface area contributed by atoms with Crippen LogP contribution >= 0.6 is 0 Å². The van der Waals surface area contributed by atoms with Gasteiger partial charge in [-0.2, -0.15) is 18.2 Å². The molecule has 1 fully saturated rings. The zero-order valence-corrected chi connectivity index (χ0v) is 11.5. The van der Waals surface area contributed by atoms with Crippen LogP contribution in [0, 0.1) is 0 Å². The number of nitrogens with zero attached hydrogens (tertiary/aromatic N) is 2. The molecular weight excluding hydrogens is 323 g/mol. The molecule has 0 radical (unpaired) electrons. The molecule has 23 heavy (non-hydrogen) atoms. The lowest BCUT2D eigenvalue weighted by atomic mass is 10.1. The number of rotatable bonds is 3. The predicted octanol–water partition coefficient (Wildman–Crippen LogP) is -0.987. The first kappa shape index (κ1) is 17.4. The van der Waals surface area contributed by atoms with Crippen LogP contribution in [0.4, 0.5) is 19.0 Å². The molecule has 2 rings (SSSR count). The van der Waals surface area contributed by atoms with Gasteiger partial charge < -0.3 is 25.8 Å². The number of ether oxygens (including phenoxy) is 1. The summed E-state index contributed by atoms with van der Waals surface area (Å²) in [5.41, 5.74) is 4.19. The van der Waals surface area contributed by atoms with Gasteiger partial charge in [-0.3, -0.25) is 4.57 Å². The lowest BCUT2D eigenvalue weighted by Gasteiger charge is -2.18. The van der Waals surface area contributed by atoms with Gasteiger partial charge in [-0.25, -0.2) is 4.79 Å². The van der Waals surface area contributed by atoms with Crippen LogP contribution in [0.1, 0.15) is 11.8 Å². The number of nitrogens with two attached hydrogens (primary N) is 1. The maximum Gasteiger partial charge on any atom is 0.409 e. The third-order valence-corrected chi connectivity index (χ3v) is 3.25. The number of halogens is 3. The second-order valence-electron chi connectivity index (χ2n) is 4.88. The maximum absolute atomic E-state index is 12.2. The van der Waals surface area contributed by atoms with Crippen LogP contribution in [0.15, 0.2) is 17.1 Å². The summed E-state index contributed by atoms with van der Waals surface area (Å²) < 4.78 is 42.5. The van der Waals surface area contributed by atoms with Gasteiger partial charge in [0.2, 0.25) is 0 Å². The van der Waals surface area contributed by atoms with Crippen LogP contribution in [0.3, 0.4) is 0 Å². The largest absolute Gasteiger partial charge is 0.409 e. The Bertz CT molecular complexity index is 660. The Labute approximate surface area is 127 Å². The molecule has 8 nitrogen and oxygen atoms in total. The van der Waals surface area contributed by atoms with Gasteiger partial charge in [0.15, 0.2) is 6.23 Å². The lowest BCUT2D eigenvalue weighted by Crippen LogP contribution is -2.36. The van der Waals surface area contributed by atoms with Gasteiger partial charge in [0.25, 0.3) is 0 Å². The number of aliphatic hydroxyl groups is 3. The summed E-state index contributed by atoms with van der Waals surface area (Å²) in [7, 11) is 0. The molecule has 1 aromatic heterocycles. The summed E-state index contributed by atoms with van der Waals surface area (Å²) in [6.45, 7) is -0.618. The fourth-order valence-electron chi connectivity index (χ4n) is 2.10. The van der Waals surface area contributed by atoms with Crippen molar-refractivity contribution >= 4 is 11.9 Å². The molecule has 1 aliphatic rings.